The summed E-state index contributed by atoms with van der Waals surface area (Å²) in [6.07, 6.45) is 3.15. The zero-order chi connectivity index (χ0) is 21.1. The number of rotatable bonds is 4. The molecule has 0 atom stereocenters. The van der Waals surface area contributed by atoms with Crippen molar-refractivity contribution >= 4 is 28.4 Å². The fourth-order valence-corrected chi connectivity index (χ4v) is 3.78. The van der Waals surface area contributed by atoms with E-state index in [0.29, 0.717) is 43.1 Å². The first-order valence-corrected chi connectivity index (χ1v) is 10.0. The van der Waals surface area contributed by atoms with Crippen molar-refractivity contribution < 1.29 is 9.53 Å². The summed E-state index contributed by atoms with van der Waals surface area (Å²) in [6, 6.07) is 13.7. The van der Waals surface area contributed by atoms with Crippen LogP contribution >= 0.6 is 0 Å². The lowest BCUT2D eigenvalue weighted by Gasteiger charge is -2.38. The van der Waals surface area contributed by atoms with E-state index in [1.807, 2.05) is 38.1 Å². The predicted octanol–water partition coefficient (Wildman–Crippen LogP) is 3.39. The Hall–Kier alpha value is -3.66. The Morgan fingerprint density at radius 2 is 1.80 bits per heavy atom. The Bertz CT molecular complexity index is 1110. The summed E-state index contributed by atoms with van der Waals surface area (Å²) in [6.45, 7) is 6.44. The molecule has 0 amide bonds. The monoisotopic (exact) mass is 401 g/mol. The first-order chi connectivity index (χ1) is 14.6. The number of esters is 1. The number of pyridine rings is 2. The Morgan fingerprint density at radius 1 is 1.07 bits per heavy atom. The van der Waals surface area contributed by atoms with Crippen molar-refractivity contribution in [3.05, 3.63) is 59.9 Å². The SMILES string of the molecule is CC(C)OC(=O)c1cccnc1N1CCN(c2c(C#N)cnc3ccccc23)CC1. The van der Waals surface area contributed by atoms with E-state index in [1.54, 1.807) is 24.5 Å². The van der Waals surface area contributed by atoms with Crippen molar-refractivity contribution in [3.8, 4) is 6.07 Å². The molecule has 0 bridgehead atoms. The molecule has 0 saturated carbocycles. The number of ether oxygens (including phenoxy) is 1. The van der Waals surface area contributed by atoms with Gasteiger partial charge in [-0.1, -0.05) is 18.2 Å². The second kappa shape index (κ2) is 8.37. The van der Waals surface area contributed by atoms with Crippen molar-refractivity contribution in [1.29, 1.82) is 5.26 Å². The van der Waals surface area contributed by atoms with Gasteiger partial charge in [0.1, 0.15) is 17.5 Å². The summed E-state index contributed by atoms with van der Waals surface area (Å²) in [5.74, 6) is 0.283. The zero-order valence-electron chi connectivity index (χ0n) is 17.1. The van der Waals surface area contributed by atoms with Gasteiger partial charge in [-0.05, 0) is 32.0 Å². The molecular formula is C23H23N5O2. The molecule has 7 heteroatoms. The first kappa shape index (κ1) is 19.6. The highest BCUT2D eigenvalue weighted by Gasteiger charge is 2.25. The van der Waals surface area contributed by atoms with Crippen LogP contribution in [0.4, 0.5) is 11.5 Å². The van der Waals surface area contributed by atoms with E-state index in [1.165, 1.54) is 0 Å². The number of benzene rings is 1. The van der Waals surface area contributed by atoms with Crippen LogP contribution in [0.3, 0.4) is 0 Å². The minimum atomic E-state index is -0.359. The molecule has 4 rings (SSSR count). The van der Waals surface area contributed by atoms with Crippen molar-refractivity contribution in [3.63, 3.8) is 0 Å². The lowest BCUT2D eigenvalue weighted by atomic mass is 10.1. The lowest BCUT2D eigenvalue weighted by molar-refractivity contribution is 0.0378. The molecule has 0 aliphatic carbocycles. The van der Waals surface area contributed by atoms with Gasteiger partial charge in [-0.2, -0.15) is 5.26 Å². The maximum Gasteiger partial charge on any atom is 0.342 e. The summed E-state index contributed by atoms with van der Waals surface area (Å²) in [5.41, 5.74) is 2.84. The maximum atomic E-state index is 12.5. The second-order valence-corrected chi connectivity index (χ2v) is 7.45. The highest BCUT2D eigenvalue weighted by atomic mass is 16.5. The van der Waals surface area contributed by atoms with Gasteiger partial charge in [0.05, 0.1) is 22.9 Å². The van der Waals surface area contributed by atoms with Crippen LogP contribution in [-0.4, -0.2) is 48.2 Å². The normalized spacial score (nSPS) is 14.1. The van der Waals surface area contributed by atoms with Gasteiger partial charge >= 0.3 is 5.97 Å². The fourth-order valence-electron chi connectivity index (χ4n) is 3.78. The Balaban J connectivity index is 1.59. The smallest absolute Gasteiger partial charge is 0.342 e. The van der Waals surface area contributed by atoms with Crippen LogP contribution in [0.5, 0.6) is 0 Å². The average Bonchev–Trinajstić information content (AvgIpc) is 2.78. The third kappa shape index (κ3) is 3.77. The van der Waals surface area contributed by atoms with E-state index in [0.717, 1.165) is 16.6 Å². The van der Waals surface area contributed by atoms with Gasteiger partial charge in [0, 0.05) is 44.0 Å². The molecule has 0 unspecified atom stereocenters. The number of fused-ring (bicyclic) bond motifs is 1. The quantitative estimate of drug-likeness (QED) is 0.620. The van der Waals surface area contributed by atoms with Crippen LogP contribution < -0.4 is 9.80 Å². The van der Waals surface area contributed by atoms with E-state index < -0.39 is 0 Å². The molecule has 1 aromatic carbocycles. The number of carbonyl (C=O) groups excluding carboxylic acids is 1. The molecule has 1 saturated heterocycles. The summed E-state index contributed by atoms with van der Waals surface area (Å²) in [7, 11) is 0. The van der Waals surface area contributed by atoms with Gasteiger partial charge in [-0.15, -0.1) is 0 Å². The number of hydrogen-bond acceptors (Lipinski definition) is 7. The third-order valence-corrected chi connectivity index (χ3v) is 5.11. The zero-order valence-corrected chi connectivity index (χ0v) is 17.1. The van der Waals surface area contributed by atoms with Gasteiger partial charge in [0.25, 0.3) is 0 Å². The van der Waals surface area contributed by atoms with E-state index in [2.05, 4.69) is 25.8 Å². The number of anilines is 2. The maximum absolute atomic E-state index is 12.5. The standard InChI is InChI=1S/C23H23N5O2/c1-16(2)30-23(29)19-7-5-9-25-22(19)28-12-10-27(11-13-28)21-17(14-24)15-26-20-8-4-3-6-18(20)21/h3-9,15-16H,10-13H2,1-2H3. The minimum absolute atomic E-state index is 0.188. The van der Waals surface area contributed by atoms with Gasteiger partial charge < -0.3 is 14.5 Å². The van der Waals surface area contributed by atoms with Gasteiger partial charge in [0.2, 0.25) is 0 Å². The molecule has 152 valence electrons. The van der Waals surface area contributed by atoms with E-state index >= 15 is 0 Å². The molecule has 0 radical (unpaired) electrons. The van der Waals surface area contributed by atoms with Gasteiger partial charge in [-0.25, -0.2) is 9.78 Å². The van der Waals surface area contributed by atoms with Crippen molar-refractivity contribution in [2.45, 2.75) is 20.0 Å². The van der Waals surface area contributed by atoms with Crippen molar-refractivity contribution in [1.82, 2.24) is 9.97 Å². The fraction of sp³-hybridized carbons (Fsp3) is 0.304. The van der Waals surface area contributed by atoms with Gasteiger partial charge in [-0.3, -0.25) is 4.98 Å². The number of nitriles is 1. The number of piperazine rings is 1. The number of hydrogen-bond donors (Lipinski definition) is 0. The molecule has 3 heterocycles. The van der Waals surface area contributed by atoms with Crippen LogP contribution in [0.1, 0.15) is 29.8 Å². The van der Waals surface area contributed by atoms with Crippen LogP contribution in [0.2, 0.25) is 0 Å². The molecular weight excluding hydrogens is 378 g/mol. The van der Waals surface area contributed by atoms with Crippen LogP contribution in [-0.2, 0) is 4.74 Å². The number of nitrogens with zero attached hydrogens (tertiary/aromatic N) is 5. The van der Waals surface area contributed by atoms with E-state index in [-0.39, 0.29) is 12.1 Å². The minimum Gasteiger partial charge on any atom is -0.459 e. The Kier molecular flexibility index (Phi) is 5.48. The topological polar surface area (TPSA) is 82.4 Å². The number of para-hydroxylation sites is 1. The third-order valence-electron chi connectivity index (χ3n) is 5.11. The summed E-state index contributed by atoms with van der Waals surface area (Å²) in [4.78, 5) is 25.7. The molecule has 1 aliphatic rings. The molecule has 3 aromatic rings. The highest BCUT2D eigenvalue weighted by molar-refractivity contribution is 5.96. The van der Waals surface area contributed by atoms with Crippen molar-refractivity contribution in [2.24, 2.45) is 0 Å². The summed E-state index contributed by atoms with van der Waals surface area (Å²) >= 11 is 0. The predicted molar refractivity (Wildman–Crippen MR) is 116 cm³/mol. The molecule has 2 aromatic heterocycles. The molecule has 0 spiro atoms. The van der Waals surface area contributed by atoms with Crippen LogP contribution in [0.15, 0.2) is 48.8 Å². The second-order valence-electron chi connectivity index (χ2n) is 7.45. The van der Waals surface area contributed by atoms with Crippen LogP contribution in [0, 0.1) is 11.3 Å². The Labute approximate surface area is 175 Å². The van der Waals surface area contributed by atoms with Crippen LogP contribution in [0.25, 0.3) is 10.9 Å². The summed E-state index contributed by atoms with van der Waals surface area (Å²) < 4.78 is 5.38. The van der Waals surface area contributed by atoms with E-state index in [4.69, 9.17) is 4.74 Å². The lowest BCUT2D eigenvalue weighted by Crippen LogP contribution is -2.47. The molecule has 7 nitrogen and oxygen atoms in total. The molecule has 0 N–H and O–H groups in total. The summed E-state index contributed by atoms with van der Waals surface area (Å²) in [5, 5.41) is 10.6. The molecule has 1 aliphatic heterocycles. The first-order valence-electron chi connectivity index (χ1n) is 10.0. The number of carbonyl (C=O) groups is 1. The molecule has 1 fully saturated rings. The Morgan fingerprint density at radius 3 is 2.53 bits per heavy atom. The highest BCUT2D eigenvalue weighted by Crippen LogP contribution is 2.31. The average molecular weight is 401 g/mol. The number of aromatic nitrogens is 2. The molecule has 30 heavy (non-hydrogen) atoms. The van der Waals surface area contributed by atoms with Crippen molar-refractivity contribution in [2.75, 3.05) is 36.0 Å². The van der Waals surface area contributed by atoms with Gasteiger partial charge in [0.15, 0.2) is 0 Å². The largest absolute Gasteiger partial charge is 0.459 e. The van der Waals surface area contributed by atoms with E-state index in [9.17, 15) is 10.1 Å².